The fraction of sp³-hybridized carbons (Fsp3) is 0.727. The summed E-state index contributed by atoms with van der Waals surface area (Å²) < 4.78 is 0. The Balaban J connectivity index is 1.94. The van der Waals surface area contributed by atoms with Gasteiger partial charge in [-0.25, -0.2) is 0 Å². The largest absolute Gasteiger partial charge is 0.282 e. The summed E-state index contributed by atoms with van der Waals surface area (Å²) in [6, 6.07) is 2.17. The first kappa shape index (κ1) is 10.2. The molecule has 2 fully saturated rings. The Hall–Kier alpha value is -1.37. The van der Waals surface area contributed by atoms with Crippen molar-refractivity contribution in [3.63, 3.8) is 0 Å². The van der Waals surface area contributed by atoms with Crippen LogP contribution in [-0.2, 0) is 9.59 Å². The molecule has 0 N–H and O–H groups in total. The summed E-state index contributed by atoms with van der Waals surface area (Å²) in [6.07, 6.45) is 1.30. The smallest absolute Gasteiger partial charge is 0.233 e. The second-order valence-corrected chi connectivity index (χ2v) is 5.02. The van der Waals surface area contributed by atoms with Crippen molar-refractivity contribution in [2.45, 2.75) is 26.7 Å². The molecule has 0 aromatic heterocycles. The molecule has 0 aromatic rings. The van der Waals surface area contributed by atoms with E-state index < -0.39 is 5.41 Å². The molecule has 2 atom stereocenters. The Bertz CT molecular complexity index is 347. The van der Waals surface area contributed by atoms with E-state index in [1.807, 2.05) is 13.8 Å². The maximum Gasteiger partial charge on any atom is 0.233 e. The number of rotatable bonds is 3. The fourth-order valence-electron chi connectivity index (χ4n) is 1.92. The lowest BCUT2D eigenvalue weighted by Crippen LogP contribution is -2.35. The number of amides is 2. The van der Waals surface area contributed by atoms with Gasteiger partial charge in [-0.2, -0.15) is 5.26 Å². The van der Waals surface area contributed by atoms with Crippen LogP contribution in [0.15, 0.2) is 0 Å². The van der Waals surface area contributed by atoms with Crippen LogP contribution in [-0.4, -0.2) is 23.3 Å². The van der Waals surface area contributed by atoms with E-state index in [2.05, 4.69) is 6.07 Å². The van der Waals surface area contributed by atoms with E-state index in [1.54, 1.807) is 0 Å². The van der Waals surface area contributed by atoms with E-state index in [-0.39, 0.29) is 23.7 Å². The van der Waals surface area contributed by atoms with E-state index in [4.69, 9.17) is 5.26 Å². The Morgan fingerprint density at radius 1 is 1.40 bits per heavy atom. The average molecular weight is 206 g/mol. The minimum absolute atomic E-state index is 0.0253. The minimum Gasteiger partial charge on any atom is -0.282 e. The first-order valence-electron chi connectivity index (χ1n) is 5.23. The molecule has 0 spiro atoms. The summed E-state index contributed by atoms with van der Waals surface area (Å²) in [5.74, 6) is -0.108. The third-order valence-electron chi connectivity index (χ3n) is 3.22. The molecule has 0 aromatic carbocycles. The lowest BCUT2D eigenvalue weighted by atomic mass is 9.91. The highest BCUT2D eigenvalue weighted by molar-refractivity contribution is 6.08. The first-order valence-corrected chi connectivity index (χ1v) is 5.23. The predicted molar refractivity (Wildman–Crippen MR) is 52.3 cm³/mol. The third kappa shape index (κ3) is 1.63. The normalized spacial score (nSPS) is 29.0. The number of imide groups is 1. The highest BCUT2D eigenvalue weighted by atomic mass is 16.2. The Kier molecular flexibility index (Phi) is 2.07. The van der Waals surface area contributed by atoms with Crippen LogP contribution >= 0.6 is 0 Å². The Morgan fingerprint density at radius 2 is 1.93 bits per heavy atom. The van der Waals surface area contributed by atoms with Crippen LogP contribution in [0.2, 0.25) is 0 Å². The summed E-state index contributed by atoms with van der Waals surface area (Å²) in [7, 11) is 0. The third-order valence-corrected chi connectivity index (χ3v) is 3.22. The van der Waals surface area contributed by atoms with Gasteiger partial charge in [-0.15, -0.1) is 0 Å². The second-order valence-electron chi connectivity index (χ2n) is 5.02. The molecule has 4 nitrogen and oxygen atoms in total. The van der Waals surface area contributed by atoms with Crippen molar-refractivity contribution in [2.75, 3.05) is 6.54 Å². The summed E-state index contributed by atoms with van der Waals surface area (Å²) >= 11 is 0. The number of hydrogen-bond acceptors (Lipinski definition) is 3. The molecular formula is C11H14N2O2. The van der Waals surface area contributed by atoms with E-state index in [1.165, 1.54) is 4.90 Å². The highest BCUT2D eigenvalue weighted by Gasteiger charge is 2.58. The maximum atomic E-state index is 11.6. The summed E-state index contributed by atoms with van der Waals surface area (Å²) in [5.41, 5.74) is -0.465. The quantitative estimate of drug-likeness (QED) is 0.645. The van der Waals surface area contributed by atoms with E-state index in [0.29, 0.717) is 13.0 Å². The zero-order valence-electron chi connectivity index (χ0n) is 8.99. The van der Waals surface area contributed by atoms with Crippen LogP contribution in [0.1, 0.15) is 26.7 Å². The van der Waals surface area contributed by atoms with E-state index >= 15 is 0 Å². The molecule has 2 amide bonds. The van der Waals surface area contributed by atoms with Crippen molar-refractivity contribution < 1.29 is 9.59 Å². The van der Waals surface area contributed by atoms with E-state index in [9.17, 15) is 9.59 Å². The van der Waals surface area contributed by atoms with Gasteiger partial charge in [0, 0.05) is 6.54 Å². The number of likely N-dealkylation sites (tertiary alicyclic amines) is 1. The molecule has 1 saturated carbocycles. The van der Waals surface area contributed by atoms with Crippen LogP contribution in [0.25, 0.3) is 0 Å². The van der Waals surface area contributed by atoms with Crippen molar-refractivity contribution in [1.29, 1.82) is 5.26 Å². The van der Waals surface area contributed by atoms with Gasteiger partial charge in [0.15, 0.2) is 0 Å². The molecule has 4 heteroatoms. The van der Waals surface area contributed by atoms with Gasteiger partial charge in [0.25, 0.3) is 0 Å². The van der Waals surface area contributed by atoms with Gasteiger partial charge in [-0.05, 0) is 26.7 Å². The number of carbonyl (C=O) groups is 2. The van der Waals surface area contributed by atoms with Crippen LogP contribution in [0.5, 0.6) is 0 Å². The van der Waals surface area contributed by atoms with Gasteiger partial charge in [-0.1, -0.05) is 0 Å². The number of piperidine rings is 1. The molecule has 80 valence electrons. The topological polar surface area (TPSA) is 61.2 Å². The van der Waals surface area contributed by atoms with Crippen LogP contribution in [0, 0.1) is 28.6 Å². The lowest BCUT2D eigenvalue weighted by molar-refractivity contribution is -0.141. The standard InChI is InChI=1S/C11H14N2O2/c1-11(2,6-12)3-4-13-9(14)7-5-8(7)10(13)15/h7-8H,3-5H2,1-2H3. The first-order chi connectivity index (χ1) is 6.96. The monoisotopic (exact) mass is 206 g/mol. The zero-order valence-corrected chi connectivity index (χ0v) is 8.99. The molecular weight excluding hydrogens is 192 g/mol. The second kappa shape index (κ2) is 3.06. The minimum atomic E-state index is -0.465. The summed E-state index contributed by atoms with van der Waals surface area (Å²) in [6.45, 7) is 4.03. The van der Waals surface area contributed by atoms with Gasteiger partial charge in [-0.3, -0.25) is 14.5 Å². The fourth-order valence-corrected chi connectivity index (χ4v) is 1.92. The molecule has 1 aliphatic carbocycles. The summed E-state index contributed by atoms with van der Waals surface area (Å²) in [5, 5.41) is 8.82. The predicted octanol–water partition coefficient (Wildman–Crippen LogP) is 0.931. The molecule has 1 aliphatic heterocycles. The molecule has 2 rings (SSSR count). The molecule has 0 bridgehead atoms. The highest BCUT2D eigenvalue weighted by Crippen LogP contribution is 2.47. The average Bonchev–Trinajstić information content (AvgIpc) is 2.92. The molecule has 15 heavy (non-hydrogen) atoms. The molecule has 1 saturated heterocycles. The van der Waals surface area contributed by atoms with Gasteiger partial charge in [0.05, 0.1) is 23.3 Å². The van der Waals surface area contributed by atoms with Crippen LogP contribution < -0.4 is 0 Å². The van der Waals surface area contributed by atoms with Crippen molar-refractivity contribution in [1.82, 2.24) is 4.90 Å². The van der Waals surface area contributed by atoms with Crippen LogP contribution in [0.4, 0.5) is 0 Å². The van der Waals surface area contributed by atoms with Crippen molar-refractivity contribution in [2.24, 2.45) is 17.3 Å². The van der Waals surface area contributed by atoms with Crippen LogP contribution in [0.3, 0.4) is 0 Å². The lowest BCUT2D eigenvalue weighted by Gasteiger charge is -2.21. The van der Waals surface area contributed by atoms with Gasteiger partial charge < -0.3 is 0 Å². The van der Waals surface area contributed by atoms with Crippen molar-refractivity contribution in [3.8, 4) is 6.07 Å². The number of carbonyl (C=O) groups excluding carboxylic acids is 2. The van der Waals surface area contributed by atoms with Gasteiger partial charge >= 0.3 is 0 Å². The van der Waals surface area contributed by atoms with Crippen molar-refractivity contribution in [3.05, 3.63) is 0 Å². The number of hydrogen-bond donors (Lipinski definition) is 0. The van der Waals surface area contributed by atoms with E-state index in [0.717, 1.165) is 6.42 Å². The van der Waals surface area contributed by atoms with Gasteiger partial charge in [0.2, 0.25) is 11.8 Å². The molecule has 1 heterocycles. The number of nitrogens with zero attached hydrogens (tertiary/aromatic N) is 2. The Morgan fingerprint density at radius 3 is 2.40 bits per heavy atom. The van der Waals surface area contributed by atoms with Gasteiger partial charge in [0.1, 0.15) is 0 Å². The SMILES string of the molecule is CC(C)(C#N)CCN1C(=O)C2CC2C1=O. The number of fused-ring (bicyclic) bond motifs is 1. The molecule has 2 unspecified atom stereocenters. The maximum absolute atomic E-state index is 11.6. The molecule has 0 radical (unpaired) electrons. The number of nitriles is 1. The zero-order chi connectivity index (χ0) is 11.2. The molecule has 2 aliphatic rings. The van der Waals surface area contributed by atoms with Crippen molar-refractivity contribution >= 4 is 11.8 Å². The summed E-state index contributed by atoms with van der Waals surface area (Å²) in [4.78, 5) is 24.5. The Labute approximate surface area is 88.9 Å².